The molecule has 14 heteroatoms. The zero-order chi connectivity index (χ0) is 37.8. The predicted molar refractivity (Wildman–Crippen MR) is 197 cm³/mol. The molecule has 0 aromatic rings. The Kier molecular flexibility index (Phi) is 42.7. The molecule has 0 rings (SSSR count). The maximum Gasteiger partial charge on any atom is 0.308 e. The van der Waals surface area contributed by atoms with Crippen molar-refractivity contribution in [3.8, 4) is 0 Å². The third-order valence-electron chi connectivity index (χ3n) is 7.53. The van der Waals surface area contributed by atoms with Crippen molar-refractivity contribution in [3.05, 3.63) is 0 Å². The Balaban J connectivity index is 3.17. The van der Waals surface area contributed by atoms with Gasteiger partial charge in [-0.05, 0) is 19.3 Å². The monoisotopic (exact) mass is 755 g/mol. The molecule has 0 amide bonds. The Morgan fingerprint density at radius 1 is 0.365 bits per heavy atom. The molecule has 1 unspecified atom stereocenters. The number of unbranched alkanes of at least 4 members (excludes halogenated alkanes) is 5. The Bertz CT molecular complexity index is 730. The largest absolute Gasteiger partial charge is 0.463 e. The molecule has 0 aliphatic rings. The van der Waals surface area contributed by atoms with Crippen LogP contribution in [0, 0.1) is 5.92 Å². The Hall–Kier alpha value is -1.46. The van der Waals surface area contributed by atoms with Crippen molar-refractivity contribution < 1.29 is 66.4 Å². The molecular weight excluding hydrogens is 680 g/mol. The molecule has 0 aliphatic heterocycles. The lowest BCUT2D eigenvalue weighted by molar-refractivity contribution is -0.150. The van der Waals surface area contributed by atoms with E-state index >= 15 is 0 Å². The highest BCUT2D eigenvalue weighted by molar-refractivity contribution is 5.72. The zero-order valence-corrected chi connectivity index (χ0v) is 32.9. The fourth-order valence-corrected chi connectivity index (χ4v) is 4.50. The van der Waals surface area contributed by atoms with Crippen LogP contribution >= 0.6 is 0 Å². The first kappa shape index (κ1) is 50.5. The standard InChI is InChI=1S/C38H74O14/c1-4-7-9-10-11-13-37(39)51-34-32-49-30-28-47-26-24-45-22-20-43-18-16-41-14-15-42-17-19-44-21-23-46-25-27-48-29-31-50-33-35-52-38(40)36(6-3)12-8-5-2/h36H,4-35H2,1-3H3. The van der Waals surface area contributed by atoms with E-state index in [-0.39, 0.29) is 31.1 Å². The maximum absolute atomic E-state index is 12.0. The Morgan fingerprint density at radius 2 is 0.673 bits per heavy atom. The maximum atomic E-state index is 12.0. The third kappa shape index (κ3) is 39.7. The summed E-state index contributed by atoms with van der Waals surface area (Å²) in [5, 5.41) is 0. The lowest BCUT2D eigenvalue weighted by Crippen LogP contribution is -2.20. The summed E-state index contributed by atoms with van der Waals surface area (Å²) in [6, 6.07) is 0. The molecule has 0 aromatic heterocycles. The van der Waals surface area contributed by atoms with Gasteiger partial charge in [0.05, 0.1) is 138 Å². The SMILES string of the molecule is CCCCCCCC(=O)OCCOCCOCCOCCOCCOCCOCCOCCOCCOCCOCCOC(=O)C(CC)CCCC. The van der Waals surface area contributed by atoms with Crippen LogP contribution in [-0.2, 0) is 66.4 Å². The van der Waals surface area contributed by atoms with Crippen LogP contribution in [0.25, 0.3) is 0 Å². The summed E-state index contributed by atoms with van der Waals surface area (Å²) in [6.07, 6.45) is 9.88. The van der Waals surface area contributed by atoms with Gasteiger partial charge in [0.2, 0.25) is 0 Å². The van der Waals surface area contributed by atoms with E-state index in [0.29, 0.717) is 139 Å². The normalized spacial score (nSPS) is 12.0. The second-order valence-electron chi connectivity index (χ2n) is 11.9. The molecule has 0 aromatic carbocycles. The van der Waals surface area contributed by atoms with E-state index in [2.05, 4.69) is 13.8 Å². The average molecular weight is 755 g/mol. The Labute approximate surface area is 314 Å². The van der Waals surface area contributed by atoms with Crippen molar-refractivity contribution in [1.29, 1.82) is 0 Å². The van der Waals surface area contributed by atoms with Crippen molar-refractivity contribution in [2.24, 2.45) is 5.92 Å². The number of rotatable bonds is 44. The van der Waals surface area contributed by atoms with Gasteiger partial charge in [0.25, 0.3) is 0 Å². The smallest absolute Gasteiger partial charge is 0.308 e. The molecule has 0 heterocycles. The first-order valence-electron chi connectivity index (χ1n) is 19.7. The fourth-order valence-electron chi connectivity index (χ4n) is 4.50. The second-order valence-corrected chi connectivity index (χ2v) is 11.9. The molecule has 52 heavy (non-hydrogen) atoms. The van der Waals surface area contributed by atoms with Crippen LogP contribution in [0.15, 0.2) is 0 Å². The van der Waals surface area contributed by atoms with E-state index in [1.54, 1.807) is 0 Å². The van der Waals surface area contributed by atoms with Crippen molar-refractivity contribution in [3.63, 3.8) is 0 Å². The predicted octanol–water partition coefficient (Wildman–Crippen LogP) is 4.82. The van der Waals surface area contributed by atoms with Gasteiger partial charge in [-0.2, -0.15) is 0 Å². The summed E-state index contributed by atoms with van der Waals surface area (Å²) in [7, 11) is 0. The van der Waals surface area contributed by atoms with Gasteiger partial charge in [0.15, 0.2) is 0 Å². The molecular formula is C38H74O14. The number of hydrogen-bond donors (Lipinski definition) is 0. The topological polar surface area (TPSA) is 145 Å². The minimum Gasteiger partial charge on any atom is -0.463 e. The second kappa shape index (κ2) is 43.9. The molecule has 1 atom stereocenters. The van der Waals surface area contributed by atoms with Crippen molar-refractivity contribution in [2.45, 2.75) is 85.0 Å². The van der Waals surface area contributed by atoms with Gasteiger partial charge in [-0.3, -0.25) is 9.59 Å². The Morgan fingerprint density at radius 3 is 1.00 bits per heavy atom. The number of carbonyl (C=O) groups excluding carboxylic acids is 2. The number of hydrogen-bond acceptors (Lipinski definition) is 14. The van der Waals surface area contributed by atoms with E-state index in [1.165, 1.54) is 19.3 Å². The first-order chi connectivity index (χ1) is 25.7. The average Bonchev–Trinajstić information content (AvgIpc) is 3.15. The molecule has 310 valence electrons. The molecule has 0 bridgehead atoms. The van der Waals surface area contributed by atoms with Crippen LogP contribution in [0.4, 0.5) is 0 Å². The summed E-state index contributed by atoms with van der Waals surface area (Å²) in [6.45, 7) is 16.3. The van der Waals surface area contributed by atoms with Gasteiger partial charge in [-0.1, -0.05) is 59.3 Å². The van der Waals surface area contributed by atoms with Crippen LogP contribution in [0.3, 0.4) is 0 Å². The third-order valence-corrected chi connectivity index (χ3v) is 7.53. The number of ether oxygens (including phenoxy) is 12. The highest BCUT2D eigenvalue weighted by Gasteiger charge is 2.17. The minimum absolute atomic E-state index is 0.00679. The van der Waals surface area contributed by atoms with Crippen molar-refractivity contribution >= 4 is 11.9 Å². The summed E-state index contributed by atoms with van der Waals surface area (Å²) in [4.78, 5) is 23.6. The highest BCUT2D eigenvalue weighted by Crippen LogP contribution is 2.14. The summed E-state index contributed by atoms with van der Waals surface area (Å²) in [5.41, 5.74) is 0. The highest BCUT2D eigenvalue weighted by atomic mass is 16.6. The van der Waals surface area contributed by atoms with Crippen LogP contribution in [0.5, 0.6) is 0 Å². The molecule has 14 nitrogen and oxygen atoms in total. The van der Waals surface area contributed by atoms with Crippen LogP contribution < -0.4 is 0 Å². The first-order valence-corrected chi connectivity index (χ1v) is 19.7. The van der Waals surface area contributed by atoms with E-state index in [4.69, 9.17) is 56.8 Å². The van der Waals surface area contributed by atoms with Crippen molar-refractivity contribution in [1.82, 2.24) is 0 Å². The molecule has 0 radical (unpaired) electrons. The van der Waals surface area contributed by atoms with E-state index in [0.717, 1.165) is 38.5 Å². The fraction of sp³-hybridized carbons (Fsp3) is 0.947. The quantitative estimate of drug-likeness (QED) is 0.0619. The van der Waals surface area contributed by atoms with E-state index in [9.17, 15) is 9.59 Å². The van der Waals surface area contributed by atoms with Gasteiger partial charge < -0.3 is 56.8 Å². The molecule has 0 spiro atoms. The van der Waals surface area contributed by atoms with Crippen LogP contribution in [-0.4, -0.2) is 157 Å². The van der Waals surface area contributed by atoms with Gasteiger partial charge >= 0.3 is 11.9 Å². The van der Waals surface area contributed by atoms with Gasteiger partial charge in [0, 0.05) is 6.42 Å². The van der Waals surface area contributed by atoms with E-state index < -0.39 is 0 Å². The molecule has 0 fully saturated rings. The molecule has 0 saturated heterocycles. The van der Waals surface area contributed by atoms with Gasteiger partial charge in [-0.25, -0.2) is 0 Å². The molecule has 0 N–H and O–H groups in total. The van der Waals surface area contributed by atoms with Crippen LogP contribution in [0.2, 0.25) is 0 Å². The summed E-state index contributed by atoms with van der Waals surface area (Å²) < 4.78 is 65.2. The molecule has 0 aliphatic carbocycles. The minimum atomic E-state index is -0.150. The number of carbonyl (C=O) groups is 2. The number of esters is 2. The summed E-state index contributed by atoms with van der Waals surface area (Å²) >= 11 is 0. The van der Waals surface area contributed by atoms with E-state index in [1.807, 2.05) is 6.92 Å². The lowest BCUT2D eigenvalue weighted by Gasteiger charge is -2.13. The summed E-state index contributed by atoms with van der Waals surface area (Å²) in [5.74, 6) is -0.279. The van der Waals surface area contributed by atoms with Gasteiger partial charge in [0.1, 0.15) is 13.2 Å². The lowest BCUT2D eigenvalue weighted by atomic mass is 10.00. The van der Waals surface area contributed by atoms with Gasteiger partial charge in [-0.15, -0.1) is 0 Å². The molecule has 0 saturated carbocycles. The van der Waals surface area contributed by atoms with Crippen LogP contribution in [0.1, 0.15) is 85.0 Å². The van der Waals surface area contributed by atoms with Crippen molar-refractivity contribution in [2.75, 3.05) is 145 Å². The zero-order valence-electron chi connectivity index (χ0n) is 32.9.